The number of nitrogen functional groups attached to an aromatic ring is 1. The quantitative estimate of drug-likeness (QED) is 0.418. The number of halogens is 2. The molecule has 2 atom stereocenters. The maximum atomic E-state index is 13.0. The van der Waals surface area contributed by atoms with Crippen LogP contribution in [0.25, 0.3) is 0 Å². The van der Waals surface area contributed by atoms with Crippen molar-refractivity contribution in [2.45, 2.75) is 31.5 Å². The number of ether oxygens (including phenoxy) is 3. The van der Waals surface area contributed by atoms with Gasteiger partial charge in [0.25, 0.3) is 5.91 Å². The summed E-state index contributed by atoms with van der Waals surface area (Å²) in [7, 11) is 3.15. The van der Waals surface area contributed by atoms with Gasteiger partial charge in [0, 0.05) is 38.7 Å². The van der Waals surface area contributed by atoms with Crippen molar-refractivity contribution in [1.82, 2.24) is 10.2 Å². The molecule has 5 N–H and O–H groups in total. The van der Waals surface area contributed by atoms with Gasteiger partial charge >= 0.3 is 0 Å². The molecule has 1 aliphatic heterocycles. The van der Waals surface area contributed by atoms with Gasteiger partial charge in [0.05, 0.1) is 30.0 Å². The van der Waals surface area contributed by atoms with Crippen molar-refractivity contribution in [1.29, 1.82) is 0 Å². The van der Waals surface area contributed by atoms with E-state index in [0.29, 0.717) is 40.8 Å². The Hall–Kier alpha value is -2.59. The van der Waals surface area contributed by atoms with Crippen LogP contribution in [0.15, 0.2) is 36.4 Å². The molecule has 0 aromatic heterocycles. The minimum atomic E-state index is -0.284. The predicted octanol–water partition coefficient (Wildman–Crippen LogP) is 2.88. The minimum Gasteiger partial charge on any atom is -0.496 e. The van der Waals surface area contributed by atoms with E-state index in [-0.39, 0.29) is 29.5 Å². The summed E-state index contributed by atoms with van der Waals surface area (Å²) in [6.45, 7) is 2.10. The van der Waals surface area contributed by atoms with Crippen LogP contribution in [0.3, 0.4) is 0 Å². The number of likely N-dealkylation sites (tertiary alicyclic amines) is 1. The number of methoxy groups -OCH3 is 2. The number of carbonyl (C=O) groups excluding carboxylic acids is 1. The fourth-order valence-corrected chi connectivity index (χ4v) is 3.94. The minimum absolute atomic E-state index is 0. The molecule has 0 bridgehead atoms. The van der Waals surface area contributed by atoms with Gasteiger partial charge in [-0.2, -0.15) is 0 Å². The van der Waals surface area contributed by atoms with Gasteiger partial charge in [-0.3, -0.25) is 9.69 Å². The Balaban J connectivity index is 0.00000385. The Morgan fingerprint density at radius 1 is 1.27 bits per heavy atom. The lowest BCUT2D eigenvalue weighted by atomic mass is 10.0. The molecule has 1 heterocycles. The van der Waals surface area contributed by atoms with Crippen molar-refractivity contribution in [3.8, 4) is 11.5 Å². The molecule has 0 saturated carbocycles. The first-order valence-corrected chi connectivity index (χ1v) is 10.9. The Labute approximate surface area is 198 Å². The Morgan fingerprint density at radius 3 is 2.67 bits per heavy atom. The number of rotatable bonds is 9. The number of amides is 1. The molecule has 10 heteroatoms. The van der Waals surface area contributed by atoms with Crippen LogP contribution in [0.2, 0.25) is 5.02 Å². The molecule has 8 nitrogen and oxygen atoms in total. The van der Waals surface area contributed by atoms with Gasteiger partial charge in [0.15, 0.2) is 0 Å². The molecule has 3 rings (SSSR count). The highest BCUT2D eigenvalue weighted by Crippen LogP contribution is 2.29. The zero-order valence-corrected chi connectivity index (χ0v) is 19.5. The molecular weight excluding hydrogens is 453 g/mol. The first kappa shape index (κ1) is 26.7. The average molecular weight is 484 g/mol. The van der Waals surface area contributed by atoms with Gasteiger partial charge in [0.2, 0.25) is 0 Å². The lowest BCUT2D eigenvalue weighted by molar-refractivity contribution is -0.0641. The molecule has 0 spiro atoms. The highest BCUT2D eigenvalue weighted by Gasteiger charge is 2.29. The van der Waals surface area contributed by atoms with E-state index in [0.717, 1.165) is 25.9 Å². The van der Waals surface area contributed by atoms with Crippen molar-refractivity contribution < 1.29 is 28.9 Å². The fourth-order valence-electron chi connectivity index (χ4n) is 3.78. The van der Waals surface area contributed by atoms with Gasteiger partial charge in [-0.15, -0.1) is 0 Å². The molecule has 2 aromatic carbocycles. The summed E-state index contributed by atoms with van der Waals surface area (Å²) >= 11 is 6.09. The van der Waals surface area contributed by atoms with Crippen molar-refractivity contribution in [2.75, 3.05) is 39.6 Å². The molecular formula is C23H31ClFN3O5. The maximum Gasteiger partial charge on any atom is 0.255 e. The van der Waals surface area contributed by atoms with E-state index in [1.807, 2.05) is 0 Å². The van der Waals surface area contributed by atoms with E-state index in [4.69, 9.17) is 31.5 Å². The van der Waals surface area contributed by atoms with E-state index in [2.05, 4.69) is 10.2 Å². The Kier molecular flexibility index (Phi) is 10.2. The van der Waals surface area contributed by atoms with Gasteiger partial charge in [-0.25, -0.2) is 4.39 Å². The number of hydrogen-bond donors (Lipinski definition) is 2. The smallest absolute Gasteiger partial charge is 0.255 e. The fraction of sp³-hybridized carbons (Fsp3) is 0.435. The SMILES string of the molecule is COc1cc(N)c(Cl)cc1C(=O)NC1CCN(CCCOc2ccc(F)cc2)C(OC)C1.O. The standard InChI is InChI=1S/C23H29ClFN3O4.H2O/c1-30-21-14-20(26)19(24)13-18(21)23(29)27-16-8-10-28(22(12-16)31-2)9-3-11-32-17-6-4-15(25)5-7-17;/h4-7,13-14,16,22H,3,8-12,26H2,1-2H3,(H,27,29);1H2. The number of hydrogen-bond acceptors (Lipinski definition) is 6. The number of benzene rings is 2. The number of nitrogens with zero attached hydrogens (tertiary/aromatic N) is 1. The van der Waals surface area contributed by atoms with Crippen molar-refractivity contribution in [3.05, 3.63) is 52.8 Å². The zero-order valence-electron chi connectivity index (χ0n) is 18.8. The molecule has 0 radical (unpaired) electrons. The van der Waals surface area contributed by atoms with Gasteiger partial charge in [-0.05, 0) is 43.2 Å². The summed E-state index contributed by atoms with van der Waals surface area (Å²) in [5, 5.41) is 3.36. The summed E-state index contributed by atoms with van der Waals surface area (Å²) in [6.07, 6.45) is 2.13. The second-order valence-electron chi connectivity index (χ2n) is 7.65. The van der Waals surface area contributed by atoms with Crippen LogP contribution in [0.5, 0.6) is 11.5 Å². The summed E-state index contributed by atoms with van der Waals surface area (Å²) in [5.41, 5.74) is 6.51. The van der Waals surface area contributed by atoms with E-state index in [1.165, 1.54) is 25.3 Å². The molecule has 1 amide bonds. The monoisotopic (exact) mass is 483 g/mol. The molecule has 33 heavy (non-hydrogen) atoms. The van der Waals surface area contributed by atoms with Gasteiger partial charge in [0.1, 0.15) is 23.5 Å². The molecule has 0 aliphatic carbocycles. The van der Waals surface area contributed by atoms with Crippen molar-refractivity contribution in [3.63, 3.8) is 0 Å². The molecule has 182 valence electrons. The molecule has 2 unspecified atom stereocenters. The summed E-state index contributed by atoms with van der Waals surface area (Å²) < 4.78 is 29.6. The highest BCUT2D eigenvalue weighted by molar-refractivity contribution is 6.33. The number of carbonyl (C=O) groups is 1. The third-order valence-electron chi connectivity index (χ3n) is 5.50. The average Bonchev–Trinajstić information content (AvgIpc) is 2.79. The lowest BCUT2D eigenvalue weighted by Gasteiger charge is -2.38. The topological polar surface area (TPSA) is 118 Å². The van der Waals surface area contributed by atoms with Gasteiger partial charge in [-0.1, -0.05) is 11.6 Å². The molecule has 1 fully saturated rings. The van der Waals surface area contributed by atoms with Crippen LogP contribution in [-0.4, -0.2) is 62.5 Å². The van der Waals surface area contributed by atoms with Crippen molar-refractivity contribution in [2.24, 2.45) is 0 Å². The van der Waals surface area contributed by atoms with Crippen LogP contribution in [0.1, 0.15) is 29.6 Å². The predicted molar refractivity (Wildman–Crippen MR) is 125 cm³/mol. The molecule has 2 aromatic rings. The molecule has 1 aliphatic rings. The van der Waals surface area contributed by atoms with E-state index in [9.17, 15) is 9.18 Å². The van der Waals surface area contributed by atoms with Crippen LogP contribution >= 0.6 is 11.6 Å². The zero-order chi connectivity index (χ0) is 23.1. The van der Waals surface area contributed by atoms with E-state index >= 15 is 0 Å². The maximum absolute atomic E-state index is 13.0. The summed E-state index contributed by atoms with van der Waals surface area (Å²) in [5.74, 6) is 0.485. The highest BCUT2D eigenvalue weighted by atomic mass is 35.5. The first-order chi connectivity index (χ1) is 15.4. The largest absolute Gasteiger partial charge is 0.496 e. The van der Waals surface area contributed by atoms with Crippen LogP contribution in [-0.2, 0) is 4.74 Å². The normalized spacial score (nSPS) is 18.3. The number of nitrogens with two attached hydrogens (primary N) is 1. The third kappa shape index (κ3) is 7.20. The number of nitrogens with one attached hydrogen (secondary N) is 1. The first-order valence-electron chi connectivity index (χ1n) is 10.5. The summed E-state index contributed by atoms with van der Waals surface area (Å²) in [6, 6.07) is 9.02. The summed E-state index contributed by atoms with van der Waals surface area (Å²) in [4.78, 5) is 15.0. The lowest BCUT2D eigenvalue weighted by Crippen LogP contribution is -2.51. The van der Waals surface area contributed by atoms with Crippen LogP contribution < -0.4 is 20.5 Å². The van der Waals surface area contributed by atoms with E-state index in [1.54, 1.807) is 25.3 Å². The molecule has 1 saturated heterocycles. The van der Waals surface area contributed by atoms with Crippen LogP contribution in [0, 0.1) is 5.82 Å². The van der Waals surface area contributed by atoms with E-state index < -0.39 is 0 Å². The second-order valence-corrected chi connectivity index (χ2v) is 8.06. The Morgan fingerprint density at radius 2 is 2.00 bits per heavy atom. The number of piperidine rings is 1. The van der Waals surface area contributed by atoms with Crippen molar-refractivity contribution >= 4 is 23.2 Å². The number of anilines is 1. The third-order valence-corrected chi connectivity index (χ3v) is 5.83. The Bertz CT molecular complexity index is 916. The second kappa shape index (κ2) is 12.6. The van der Waals surface area contributed by atoms with Gasteiger partial charge < -0.3 is 30.7 Å². The van der Waals surface area contributed by atoms with Crippen LogP contribution in [0.4, 0.5) is 10.1 Å².